The van der Waals surface area contributed by atoms with Crippen LogP contribution in [0.2, 0.25) is 0 Å². The summed E-state index contributed by atoms with van der Waals surface area (Å²) < 4.78 is 30.6. The van der Waals surface area contributed by atoms with Gasteiger partial charge in [0.25, 0.3) is 5.91 Å². The minimum atomic E-state index is -0.713. The first-order chi connectivity index (χ1) is 20.1. The molecule has 0 bridgehead atoms. The highest BCUT2D eigenvalue weighted by molar-refractivity contribution is 6.11. The van der Waals surface area contributed by atoms with Crippen LogP contribution in [0.25, 0.3) is 22.0 Å². The number of nitrogens with zero attached hydrogens (tertiary/aromatic N) is 1. The van der Waals surface area contributed by atoms with Crippen molar-refractivity contribution in [3.05, 3.63) is 53.5 Å². The molecule has 1 atom stereocenters. The molecular weight excluding hydrogens is 555 g/mol. The Kier molecular flexibility index (Phi) is 9.22. The lowest BCUT2D eigenvalue weighted by Gasteiger charge is -2.29. The number of alkyl carbamates (subject to hydrolysis) is 2. The second-order valence-electron chi connectivity index (χ2n) is 12.7. The predicted octanol–water partition coefficient (Wildman–Crippen LogP) is 6.14. The number of carbonyl (C=O) groups is 3. The van der Waals surface area contributed by atoms with Crippen molar-refractivity contribution in [1.29, 1.82) is 0 Å². The van der Waals surface area contributed by atoms with Gasteiger partial charge in [0.2, 0.25) is 0 Å². The van der Waals surface area contributed by atoms with E-state index in [1.165, 1.54) is 12.1 Å². The largest absolute Gasteiger partial charge is 0.497 e. The topological polar surface area (TPSA) is 122 Å². The number of fused-ring (bicyclic) bond motifs is 5. The lowest BCUT2D eigenvalue weighted by atomic mass is 9.97. The van der Waals surface area contributed by atoms with Crippen molar-refractivity contribution in [3.63, 3.8) is 0 Å². The Morgan fingerprint density at radius 1 is 1.02 bits per heavy atom. The average molecular weight is 597 g/mol. The third-order valence-corrected chi connectivity index (χ3v) is 6.76. The molecule has 0 saturated heterocycles. The van der Waals surface area contributed by atoms with Crippen LogP contribution >= 0.6 is 0 Å². The molecule has 3 aromatic rings. The van der Waals surface area contributed by atoms with Crippen molar-refractivity contribution in [2.24, 2.45) is 0 Å². The second-order valence-corrected chi connectivity index (χ2v) is 12.7. The summed E-state index contributed by atoms with van der Waals surface area (Å²) in [5.74, 6) is -0.0681. The molecule has 0 fully saturated rings. The van der Waals surface area contributed by atoms with Gasteiger partial charge in [0.05, 0.1) is 7.11 Å². The fourth-order valence-electron chi connectivity index (χ4n) is 5.06. The molecule has 3 amide bonds. The second kappa shape index (κ2) is 12.5. The van der Waals surface area contributed by atoms with Crippen molar-refractivity contribution in [2.75, 3.05) is 20.2 Å². The van der Waals surface area contributed by atoms with Gasteiger partial charge in [-0.05, 0) is 95.8 Å². The number of H-pyrrole nitrogens is 1. The SMILES string of the molecule is COc1ccc2c(c1)CN(C[C@H](CCCNC(=O)OC(C)(C)C)NC(=O)OC(C)(C)C)C(=O)c1[nH]c3ccc(F)cc3c1-2. The van der Waals surface area contributed by atoms with Gasteiger partial charge in [-0.2, -0.15) is 0 Å². The highest BCUT2D eigenvalue weighted by Gasteiger charge is 2.32. The lowest BCUT2D eigenvalue weighted by molar-refractivity contribution is 0.0465. The lowest BCUT2D eigenvalue weighted by Crippen LogP contribution is -2.47. The van der Waals surface area contributed by atoms with Gasteiger partial charge < -0.3 is 34.7 Å². The Bertz CT molecular complexity index is 1500. The Balaban J connectivity index is 1.62. The van der Waals surface area contributed by atoms with Gasteiger partial charge in [0.1, 0.15) is 28.5 Å². The molecule has 1 aliphatic rings. The summed E-state index contributed by atoms with van der Waals surface area (Å²) >= 11 is 0. The highest BCUT2D eigenvalue weighted by atomic mass is 19.1. The number of ether oxygens (including phenoxy) is 3. The minimum absolute atomic E-state index is 0.157. The van der Waals surface area contributed by atoms with E-state index in [0.29, 0.717) is 47.3 Å². The smallest absolute Gasteiger partial charge is 0.407 e. The Morgan fingerprint density at radius 2 is 1.72 bits per heavy atom. The zero-order valence-corrected chi connectivity index (χ0v) is 25.9. The van der Waals surface area contributed by atoms with Gasteiger partial charge >= 0.3 is 12.2 Å². The maximum atomic E-state index is 14.3. The summed E-state index contributed by atoms with van der Waals surface area (Å²) in [4.78, 5) is 43.8. The van der Waals surface area contributed by atoms with Crippen molar-refractivity contribution in [1.82, 2.24) is 20.5 Å². The molecule has 4 rings (SSSR count). The van der Waals surface area contributed by atoms with Gasteiger partial charge in [-0.15, -0.1) is 0 Å². The van der Waals surface area contributed by atoms with E-state index < -0.39 is 35.2 Å². The van der Waals surface area contributed by atoms with E-state index in [1.54, 1.807) is 59.6 Å². The molecule has 10 nitrogen and oxygen atoms in total. The quantitative estimate of drug-likeness (QED) is 0.269. The van der Waals surface area contributed by atoms with Gasteiger partial charge in [0.15, 0.2) is 0 Å². The number of hydrogen-bond acceptors (Lipinski definition) is 6. The molecule has 3 N–H and O–H groups in total. The number of halogens is 1. The number of benzene rings is 2. The normalized spacial score (nSPS) is 14.0. The van der Waals surface area contributed by atoms with Gasteiger partial charge in [0, 0.05) is 42.1 Å². The molecule has 11 heteroatoms. The molecule has 0 unspecified atom stereocenters. The van der Waals surface area contributed by atoms with E-state index in [1.807, 2.05) is 18.2 Å². The number of hydrogen-bond donors (Lipinski definition) is 3. The number of amides is 3. The number of rotatable bonds is 8. The first kappa shape index (κ1) is 31.7. The minimum Gasteiger partial charge on any atom is -0.497 e. The van der Waals surface area contributed by atoms with Crippen LogP contribution in [0.3, 0.4) is 0 Å². The van der Waals surface area contributed by atoms with Crippen LogP contribution in [0.4, 0.5) is 14.0 Å². The third kappa shape index (κ3) is 8.18. The Hall–Kier alpha value is -4.28. The van der Waals surface area contributed by atoms with E-state index in [2.05, 4.69) is 15.6 Å². The molecule has 0 radical (unpaired) electrons. The summed E-state index contributed by atoms with van der Waals surface area (Å²) in [5, 5.41) is 6.25. The monoisotopic (exact) mass is 596 g/mol. The zero-order chi connectivity index (χ0) is 31.5. The number of aromatic nitrogens is 1. The van der Waals surface area contributed by atoms with E-state index in [-0.39, 0.29) is 19.0 Å². The molecule has 2 heterocycles. The van der Waals surface area contributed by atoms with Crippen LogP contribution in [-0.2, 0) is 16.0 Å². The van der Waals surface area contributed by atoms with E-state index in [4.69, 9.17) is 14.2 Å². The maximum absolute atomic E-state index is 14.3. The van der Waals surface area contributed by atoms with Crippen molar-refractivity contribution in [2.45, 2.75) is 78.2 Å². The van der Waals surface area contributed by atoms with Gasteiger partial charge in [-0.1, -0.05) is 6.07 Å². The molecule has 43 heavy (non-hydrogen) atoms. The zero-order valence-electron chi connectivity index (χ0n) is 25.9. The summed E-state index contributed by atoms with van der Waals surface area (Å²) in [6.45, 7) is 11.4. The van der Waals surface area contributed by atoms with Crippen LogP contribution in [0.1, 0.15) is 70.4 Å². The van der Waals surface area contributed by atoms with Crippen LogP contribution < -0.4 is 15.4 Å². The Labute approximate surface area is 251 Å². The van der Waals surface area contributed by atoms with Crippen molar-refractivity contribution < 1.29 is 33.0 Å². The summed E-state index contributed by atoms with van der Waals surface area (Å²) in [6.07, 6.45) is -0.193. The van der Waals surface area contributed by atoms with Crippen LogP contribution in [0.5, 0.6) is 5.75 Å². The average Bonchev–Trinajstić information content (AvgIpc) is 3.21. The van der Waals surface area contributed by atoms with E-state index in [0.717, 1.165) is 11.1 Å². The first-order valence-electron chi connectivity index (χ1n) is 14.4. The molecule has 1 aromatic heterocycles. The van der Waals surface area contributed by atoms with Gasteiger partial charge in [-0.25, -0.2) is 14.0 Å². The van der Waals surface area contributed by atoms with Gasteiger partial charge in [-0.3, -0.25) is 4.79 Å². The number of aromatic amines is 1. The van der Waals surface area contributed by atoms with E-state index >= 15 is 0 Å². The standard InChI is InChI=1S/C32H41FN4O6/c1-31(2,3)42-29(39)34-14-8-9-21(35-30(40)43-32(4,5)6)18-37-17-19-15-22(41-7)11-12-23(19)26-24-16-20(33)10-13-25(24)36-27(26)28(37)38/h10-13,15-16,21,36H,8-9,14,17-18H2,1-7H3,(H,34,39)(H,35,40)/t21-/m0/s1. The van der Waals surface area contributed by atoms with Crippen molar-refractivity contribution >= 4 is 29.0 Å². The third-order valence-electron chi connectivity index (χ3n) is 6.76. The summed E-state index contributed by atoms with van der Waals surface area (Å²) in [5.41, 5.74) is 1.88. The molecule has 2 aromatic carbocycles. The number of carbonyl (C=O) groups excluding carboxylic acids is 3. The maximum Gasteiger partial charge on any atom is 0.407 e. The summed E-state index contributed by atoms with van der Waals surface area (Å²) in [6, 6.07) is 9.44. The van der Waals surface area contributed by atoms with Crippen molar-refractivity contribution in [3.8, 4) is 16.9 Å². The predicted molar refractivity (Wildman–Crippen MR) is 162 cm³/mol. The molecular formula is C32H41FN4O6. The summed E-state index contributed by atoms with van der Waals surface area (Å²) in [7, 11) is 1.57. The van der Waals surface area contributed by atoms with Crippen LogP contribution in [-0.4, -0.2) is 65.4 Å². The van der Waals surface area contributed by atoms with E-state index in [9.17, 15) is 18.8 Å². The fourth-order valence-corrected chi connectivity index (χ4v) is 5.06. The van der Waals surface area contributed by atoms with Crippen LogP contribution in [0, 0.1) is 5.82 Å². The number of nitrogens with one attached hydrogen (secondary N) is 3. The molecule has 0 aliphatic carbocycles. The number of methoxy groups -OCH3 is 1. The Morgan fingerprint density at radius 3 is 2.40 bits per heavy atom. The highest BCUT2D eigenvalue weighted by Crippen LogP contribution is 2.39. The van der Waals surface area contributed by atoms with Crippen LogP contribution in [0.15, 0.2) is 36.4 Å². The molecule has 0 saturated carbocycles. The molecule has 232 valence electrons. The molecule has 1 aliphatic heterocycles. The first-order valence-corrected chi connectivity index (χ1v) is 14.4. The fraction of sp³-hybridized carbons (Fsp3) is 0.469. The molecule has 0 spiro atoms.